The number of Topliss-reactive ketones (excluding diaryl/α,β-unsaturated/α-hetero) is 1. The van der Waals surface area contributed by atoms with Gasteiger partial charge in [0.2, 0.25) is 0 Å². The minimum atomic E-state index is -0.178. The molecule has 0 aromatic carbocycles. The van der Waals surface area contributed by atoms with E-state index in [9.17, 15) is 14.4 Å². The van der Waals surface area contributed by atoms with E-state index in [0.29, 0.717) is 22.5 Å². The molecule has 8 heteroatoms. The van der Waals surface area contributed by atoms with Gasteiger partial charge in [0.1, 0.15) is 0 Å². The maximum absolute atomic E-state index is 11.0. The summed E-state index contributed by atoms with van der Waals surface area (Å²) in [7, 11) is 5.72. The summed E-state index contributed by atoms with van der Waals surface area (Å²) in [5, 5.41) is 7.44. The number of imide groups is 1. The number of rotatable bonds is 3. The van der Waals surface area contributed by atoms with Crippen molar-refractivity contribution in [1.82, 2.24) is 4.90 Å². The van der Waals surface area contributed by atoms with E-state index in [1.54, 1.807) is 27.9 Å². The third kappa shape index (κ3) is 11.1. The first-order chi connectivity index (χ1) is 15.0. The summed E-state index contributed by atoms with van der Waals surface area (Å²) in [5.74, 6) is 0.525. The molecule has 2 aliphatic heterocycles. The molecular weight excluding hydrogens is 582 g/mol. The summed E-state index contributed by atoms with van der Waals surface area (Å²) >= 11 is 0. The molecule has 32 heavy (non-hydrogen) atoms. The molecule has 2 amide bonds. The fraction of sp³-hybridized carbons (Fsp3) is 0.625. The molecule has 0 aromatic heterocycles. The Bertz CT molecular complexity index is 621. The van der Waals surface area contributed by atoms with Gasteiger partial charge in [-0.1, -0.05) is 26.8 Å². The molecule has 2 fully saturated rings. The molecule has 1 aliphatic carbocycles. The molecule has 1 N–H and O–H groups in total. The van der Waals surface area contributed by atoms with Gasteiger partial charge in [-0.05, 0) is 31.8 Å². The number of methoxy groups -OCH3 is 1. The Kier molecular flexibility index (Phi) is 17.9. The first-order valence-electron chi connectivity index (χ1n) is 10.9. The summed E-state index contributed by atoms with van der Waals surface area (Å²) in [6.07, 6.45) is 2.80. The standard InChI is InChI=1S/C8H12O.C7H9NO2.C6H12O2.C2H5O.CH3.W/c1-3-7-4-6(2)8(9)5-7;1-4-5(2)7(10)8(3)6(4)9;1-6(3-7-2)4-8-5-6;1-2-3;;/h7H,2-5H2,1H3;1-3H3;3-5H2,1-2H3;2-3H,1H3;1H3;/q;;;2*-1;+2/i;;;;1D;. The number of carbonyl (C=O) groups excluding carboxylic acids is 3. The molecule has 1 unspecified atom stereocenters. The van der Waals surface area contributed by atoms with Crippen molar-refractivity contribution in [3.05, 3.63) is 37.3 Å². The normalized spacial score (nSPS) is 20.7. The first-order valence-corrected chi connectivity index (χ1v) is 10.2. The number of ether oxygens (including phenoxy) is 2. The van der Waals surface area contributed by atoms with Crippen LogP contribution in [-0.2, 0) is 44.9 Å². The van der Waals surface area contributed by atoms with Crippen molar-refractivity contribution in [1.29, 1.82) is 0 Å². The molecule has 1 saturated carbocycles. The largest absolute Gasteiger partial charge is 2.00 e. The van der Waals surface area contributed by atoms with Gasteiger partial charge in [0.05, 0.1) is 19.8 Å². The van der Waals surface area contributed by atoms with Crippen LogP contribution in [0.5, 0.6) is 0 Å². The number of hydrogen-bond donors (Lipinski definition) is 1. The van der Waals surface area contributed by atoms with Crippen LogP contribution >= 0.6 is 0 Å². The van der Waals surface area contributed by atoms with E-state index in [1.807, 2.05) is 0 Å². The SMILES string of the molecule is C=C1CC(CC)CC1=O.CC1=C(C)C(=O)N(C)C1=O.COCC1(C)COC1.C[CH-]O.[2H][CH2-].[W+2]. The van der Waals surface area contributed by atoms with Crippen molar-refractivity contribution in [2.45, 2.75) is 53.9 Å². The second kappa shape index (κ2) is 17.3. The van der Waals surface area contributed by atoms with Gasteiger partial charge < -0.3 is 22.0 Å². The molecular formula is C24H41NO6W. The smallest absolute Gasteiger partial charge is 0.566 e. The van der Waals surface area contributed by atoms with Crippen LogP contribution in [0.4, 0.5) is 0 Å². The molecule has 0 radical (unpaired) electrons. The Balaban J connectivity index is -0.000000369. The van der Waals surface area contributed by atoms with Crippen LogP contribution in [0.15, 0.2) is 23.3 Å². The van der Waals surface area contributed by atoms with Crippen LogP contribution in [-0.4, -0.2) is 61.6 Å². The van der Waals surface area contributed by atoms with Gasteiger partial charge in [-0.3, -0.25) is 19.3 Å². The molecule has 184 valence electrons. The van der Waals surface area contributed by atoms with Crippen molar-refractivity contribution in [3.8, 4) is 0 Å². The number of hydrogen-bond acceptors (Lipinski definition) is 6. The number of carbonyl (C=O) groups is 3. The minimum Gasteiger partial charge on any atom is -0.566 e. The van der Waals surface area contributed by atoms with Crippen LogP contribution < -0.4 is 0 Å². The number of nitrogens with zero attached hydrogens (tertiary/aromatic N) is 1. The fourth-order valence-corrected chi connectivity index (χ4v) is 3.03. The van der Waals surface area contributed by atoms with Gasteiger partial charge in [0.15, 0.2) is 5.78 Å². The van der Waals surface area contributed by atoms with Crippen LogP contribution in [0.25, 0.3) is 0 Å². The van der Waals surface area contributed by atoms with Gasteiger partial charge in [-0.2, -0.15) is 6.92 Å². The van der Waals surface area contributed by atoms with E-state index in [2.05, 4.69) is 27.8 Å². The molecule has 1 atom stereocenters. The summed E-state index contributed by atoms with van der Waals surface area (Å²) in [6, 6.07) is 0. The Morgan fingerprint density at radius 1 is 1.25 bits per heavy atom. The fourth-order valence-electron chi connectivity index (χ4n) is 3.03. The van der Waals surface area contributed by atoms with Crippen LogP contribution in [0.2, 0.25) is 0 Å². The average molecular weight is 624 g/mol. The van der Waals surface area contributed by atoms with Gasteiger partial charge in [-0.25, -0.2) is 7.98 Å². The first kappa shape index (κ1) is 33.0. The maximum atomic E-state index is 11.0. The van der Waals surface area contributed by atoms with Crippen molar-refractivity contribution in [2.75, 3.05) is 34.0 Å². The molecule has 1 saturated heterocycles. The number of amides is 2. The van der Waals surface area contributed by atoms with E-state index in [4.69, 9.17) is 16.0 Å². The van der Waals surface area contributed by atoms with Gasteiger partial charge >= 0.3 is 21.1 Å². The Hall–Kier alpha value is -1.14. The third-order valence-corrected chi connectivity index (χ3v) is 5.19. The van der Waals surface area contributed by atoms with E-state index in [1.165, 1.54) is 7.05 Å². The molecule has 0 aromatic rings. The molecule has 3 aliphatic rings. The van der Waals surface area contributed by atoms with Gasteiger partial charge in [0, 0.05) is 37.1 Å². The van der Waals surface area contributed by atoms with Crippen LogP contribution in [0.3, 0.4) is 0 Å². The third-order valence-electron chi connectivity index (χ3n) is 5.19. The summed E-state index contributed by atoms with van der Waals surface area (Å²) in [6.45, 7) is 16.4. The zero-order valence-electron chi connectivity index (χ0n) is 21.7. The van der Waals surface area contributed by atoms with Gasteiger partial charge in [0.25, 0.3) is 11.8 Å². The predicted molar refractivity (Wildman–Crippen MR) is 122 cm³/mol. The Morgan fingerprint density at radius 3 is 1.81 bits per heavy atom. The number of likely N-dealkylation sites (N-methyl/N-ethyl adjacent to an activating group) is 1. The van der Waals surface area contributed by atoms with E-state index < -0.39 is 0 Å². The van der Waals surface area contributed by atoms with Crippen molar-refractivity contribution < 1.29 is 51.4 Å². The molecule has 0 bridgehead atoms. The van der Waals surface area contributed by atoms with Crippen molar-refractivity contribution >= 4 is 17.6 Å². The Labute approximate surface area is 210 Å². The average Bonchev–Trinajstić information content (AvgIpc) is 3.17. The minimum absolute atomic E-state index is 0. The summed E-state index contributed by atoms with van der Waals surface area (Å²) < 4.78 is 15.5. The number of ketones is 1. The molecule has 7 nitrogen and oxygen atoms in total. The van der Waals surface area contributed by atoms with Crippen LogP contribution in [0.1, 0.15) is 55.3 Å². The van der Waals surface area contributed by atoms with E-state index in [-0.39, 0.29) is 38.7 Å². The number of aliphatic hydroxyl groups excluding tert-OH is 1. The molecule has 0 spiro atoms. The number of allylic oxidation sites excluding steroid dienone is 1. The van der Waals surface area contributed by atoms with Gasteiger partial charge in [-0.15, -0.1) is 0 Å². The topological polar surface area (TPSA) is 93.1 Å². The van der Waals surface area contributed by atoms with Crippen molar-refractivity contribution in [3.63, 3.8) is 0 Å². The Morgan fingerprint density at radius 2 is 1.69 bits per heavy atom. The molecule has 2 heterocycles. The summed E-state index contributed by atoms with van der Waals surface area (Å²) in [5.41, 5.74) is 2.29. The quantitative estimate of drug-likeness (QED) is 0.291. The monoisotopic (exact) mass is 624 g/mol. The zero-order valence-corrected chi connectivity index (χ0v) is 23.6. The van der Waals surface area contributed by atoms with E-state index in [0.717, 1.165) is 56.2 Å². The zero-order chi connectivity index (χ0) is 25.5. The number of aliphatic hydroxyl groups is 1. The second-order valence-corrected chi connectivity index (χ2v) is 8.12. The van der Waals surface area contributed by atoms with E-state index >= 15 is 0 Å². The van der Waals surface area contributed by atoms with Crippen LogP contribution in [0, 0.1) is 25.3 Å². The maximum Gasteiger partial charge on any atom is 2.00 e. The van der Waals surface area contributed by atoms with Crippen molar-refractivity contribution in [2.24, 2.45) is 11.3 Å². The second-order valence-electron chi connectivity index (χ2n) is 8.12. The molecule has 3 rings (SSSR count). The summed E-state index contributed by atoms with van der Waals surface area (Å²) in [4.78, 5) is 33.9. The predicted octanol–water partition coefficient (Wildman–Crippen LogP) is 3.91.